The van der Waals surface area contributed by atoms with Gasteiger partial charge in [0.2, 0.25) is 0 Å². The zero-order valence-electron chi connectivity index (χ0n) is 9.21. The van der Waals surface area contributed by atoms with Crippen LogP contribution in [0, 0.1) is 10.1 Å². The summed E-state index contributed by atoms with van der Waals surface area (Å²) in [6, 6.07) is 2.70. The summed E-state index contributed by atoms with van der Waals surface area (Å²) in [4.78, 5) is 21.1. The smallest absolute Gasteiger partial charge is 0.283 e. The van der Waals surface area contributed by atoms with Crippen molar-refractivity contribution in [3.63, 3.8) is 0 Å². The third kappa shape index (κ3) is 1.93. The van der Waals surface area contributed by atoms with Crippen molar-refractivity contribution < 1.29 is 19.2 Å². The molecule has 6 nitrogen and oxygen atoms in total. The first-order valence-corrected chi connectivity index (χ1v) is 5.23. The number of nitrogens with zero attached hydrogens (tertiary/aromatic N) is 1. The van der Waals surface area contributed by atoms with E-state index in [4.69, 9.17) is 9.47 Å². The maximum Gasteiger partial charge on any atom is 0.283 e. The molecule has 0 saturated carbocycles. The highest BCUT2D eigenvalue weighted by Gasteiger charge is 2.28. The Bertz CT molecular complexity index is 471. The SMILES string of the molecule is CCC1COc2ccc([N+](=O)[O-])c(C=O)c2O1. The van der Waals surface area contributed by atoms with E-state index in [1.807, 2.05) is 6.92 Å². The molecular formula is C11H11NO5. The van der Waals surface area contributed by atoms with Crippen molar-refractivity contribution >= 4 is 12.0 Å². The second-order valence-electron chi connectivity index (χ2n) is 3.66. The molecule has 0 spiro atoms. The van der Waals surface area contributed by atoms with E-state index in [1.165, 1.54) is 12.1 Å². The Labute approximate surface area is 97.3 Å². The summed E-state index contributed by atoms with van der Waals surface area (Å²) < 4.78 is 10.9. The molecule has 0 fully saturated rings. The summed E-state index contributed by atoms with van der Waals surface area (Å²) in [7, 11) is 0. The molecule has 6 heteroatoms. The van der Waals surface area contributed by atoms with Crippen molar-refractivity contribution in [1.82, 2.24) is 0 Å². The lowest BCUT2D eigenvalue weighted by Gasteiger charge is -2.26. The molecule has 0 aromatic heterocycles. The van der Waals surface area contributed by atoms with Gasteiger partial charge < -0.3 is 9.47 Å². The zero-order chi connectivity index (χ0) is 12.4. The van der Waals surface area contributed by atoms with Crippen molar-refractivity contribution in [2.75, 3.05) is 6.61 Å². The summed E-state index contributed by atoms with van der Waals surface area (Å²) in [5, 5.41) is 10.8. The molecule has 90 valence electrons. The van der Waals surface area contributed by atoms with Gasteiger partial charge in [-0.15, -0.1) is 0 Å². The number of nitro benzene ring substituents is 1. The summed E-state index contributed by atoms with van der Waals surface area (Å²) in [5.41, 5.74) is -0.329. The molecule has 1 aromatic carbocycles. The van der Waals surface area contributed by atoms with Gasteiger partial charge >= 0.3 is 0 Å². The van der Waals surface area contributed by atoms with Gasteiger partial charge in [0, 0.05) is 6.07 Å². The standard InChI is InChI=1S/C11H11NO5/c1-2-7-6-16-10-4-3-9(12(14)15)8(5-13)11(10)17-7/h3-5,7H,2,6H2,1H3. The van der Waals surface area contributed by atoms with Crippen LogP contribution >= 0.6 is 0 Å². The molecular weight excluding hydrogens is 226 g/mol. The van der Waals surface area contributed by atoms with Gasteiger partial charge in [-0.3, -0.25) is 14.9 Å². The number of hydrogen-bond donors (Lipinski definition) is 0. The van der Waals surface area contributed by atoms with E-state index in [2.05, 4.69) is 0 Å². The third-order valence-electron chi connectivity index (χ3n) is 2.62. The third-order valence-corrected chi connectivity index (χ3v) is 2.62. The second kappa shape index (κ2) is 4.40. The van der Waals surface area contributed by atoms with Crippen LogP contribution in [0.15, 0.2) is 12.1 Å². The van der Waals surface area contributed by atoms with Gasteiger partial charge in [0.1, 0.15) is 18.3 Å². The van der Waals surface area contributed by atoms with E-state index in [0.717, 1.165) is 0 Å². The Kier molecular flexibility index (Phi) is 2.95. The molecule has 17 heavy (non-hydrogen) atoms. The van der Waals surface area contributed by atoms with Crippen LogP contribution in [-0.2, 0) is 0 Å². The van der Waals surface area contributed by atoms with E-state index >= 15 is 0 Å². The molecule has 0 N–H and O–H groups in total. The van der Waals surface area contributed by atoms with Gasteiger partial charge in [0.15, 0.2) is 17.8 Å². The maximum absolute atomic E-state index is 11.0. The van der Waals surface area contributed by atoms with E-state index in [9.17, 15) is 14.9 Å². The summed E-state index contributed by atoms with van der Waals surface area (Å²) in [5.74, 6) is 0.551. The molecule has 1 heterocycles. The second-order valence-corrected chi connectivity index (χ2v) is 3.66. The lowest BCUT2D eigenvalue weighted by atomic mass is 10.1. The average Bonchev–Trinajstić information content (AvgIpc) is 2.36. The topological polar surface area (TPSA) is 78.7 Å². The lowest BCUT2D eigenvalue weighted by molar-refractivity contribution is -0.385. The number of ether oxygens (including phenoxy) is 2. The van der Waals surface area contributed by atoms with E-state index in [1.54, 1.807) is 0 Å². The molecule has 0 radical (unpaired) electrons. The van der Waals surface area contributed by atoms with E-state index in [0.29, 0.717) is 25.1 Å². The van der Waals surface area contributed by atoms with Crippen molar-refractivity contribution in [1.29, 1.82) is 0 Å². The Balaban J connectivity index is 2.52. The van der Waals surface area contributed by atoms with Crippen LogP contribution < -0.4 is 9.47 Å². The number of carbonyl (C=O) groups excluding carboxylic acids is 1. The van der Waals surface area contributed by atoms with Crippen LogP contribution in [0.5, 0.6) is 11.5 Å². The molecule has 1 atom stereocenters. The number of benzene rings is 1. The van der Waals surface area contributed by atoms with Crippen LogP contribution in [-0.4, -0.2) is 23.9 Å². The monoisotopic (exact) mass is 237 g/mol. The van der Waals surface area contributed by atoms with Crippen LogP contribution in [0.4, 0.5) is 5.69 Å². The molecule has 0 bridgehead atoms. The molecule has 0 amide bonds. The predicted octanol–water partition coefficient (Wildman–Crippen LogP) is 1.96. The molecule has 1 aromatic rings. The number of hydrogen-bond acceptors (Lipinski definition) is 5. The van der Waals surface area contributed by atoms with Crippen molar-refractivity contribution in [2.24, 2.45) is 0 Å². The predicted molar refractivity (Wildman–Crippen MR) is 58.7 cm³/mol. The maximum atomic E-state index is 11.0. The van der Waals surface area contributed by atoms with Crippen molar-refractivity contribution in [3.05, 3.63) is 27.8 Å². The Morgan fingerprint density at radius 1 is 1.59 bits per heavy atom. The minimum Gasteiger partial charge on any atom is -0.486 e. The van der Waals surface area contributed by atoms with Crippen molar-refractivity contribution in [3.8, 4) is 11.5 Å². The zero-order valence-corrected chi connectivity index (χ0v) is 9.21. The number of nitro groups is 1. The summed E-state index contributed by atoms with van der Waals surface area (Å²) >= 11 is 0. The van der Waals surface area contributed by atoms with E-state index in [-0.39, 0.29) is 23.1 Å². The highest BCUT2D eigenvalue weighted by molar-refractivity contribution is 5.87. The fraction of sp³-hybridized carbons (Fsp3) is 0.364. The minimum atomic E-state index is -0.608. The van der Waals surface area contributed by atoms with Crippen LogP contribution in [0.3, 0.4) is 0 Å². The van der Waals surface area contributed by atoms with Gasteiger partial charge in [0.05, 0.1) is 4.92 Å². The molecule has 2 rings (SSSR count). The highest BCUT2D eigenvalue weighted by atomic mass is 16.6. The Hall–Kier alpha value is -2.11. The normalized spacial score (nSPS) is 17.6. The van der Waals surface area contributed by atoms with E-state index < -0.39 is 4.92 Å². The van der Waals surface area contributed by atoms with Gasteiger partial charge in [-0.25, -0.2) is 0 Å². The summed E-state index contributed by atoms with van der Waals surface area (Å²) in [6.45, 7) is 2.30. The first kappa shape index (κ1) is 11.4. The van der Waals surface area contributed by atoms with Crippen molar-refractivity contribution in [2.45, 2.75) is 19.4 Å². The van der Waals surface area contributed by atoms with Gasteiger partial charge in [-0.05, 0) is 12.5 Å². The number of rotatable bonds is 3. The fourth-order valence-electron chi connectivity index (χ4n) is 1.66. The Morgan fingerprint density at radius 3 is 2.94 bits per heavy atom. The lowest BCUT2D eigenvalue weighted by Crippen LogP contribution is -2.29. The average molecular weight is 237 g/mol. The Morgan fingerprint density at radius 2 is 2.35 bits per heavy atom. The molecule has 0 aliphatic carbocycles. The molecule has 0 saturated heterocycles. The largest absolute Gasteiger partial charge is 0.486 e. The highest BCUT2D eigenvalue weighted by Crippen LogP contribution is 2.39. The number of carbonyl (C=O) groups is 1. The molecule has 1 aliphatic rings. The molecule has 1 unspecified atom stereocenters. The molecule has 1 aliphatic heterocycles. The summed E-state index contributed by atoms with van der Waals surface area (Å²) in [6.07, 6.45) is 0.960. The van der Waals surface area contributed by atoms with Gasteiger partial charge in [-0.2, -0.15) is 0 Å². The fourth-order valence-corrected chi connectivity index (χ4v) is 1.66. The van der Waals surface area contributed by atoms with Crippen LogP contribution in [0.1, 0.15) is 23.7 Å². The van der Waals surface area contributed by atoms with Gasteiger partial charge in [-0.1, -0.05) is 6.92 Å². The quantitative estimate of drug-likeness (QED) is 0.456. The van der Waals surface area contributed by atoms with Crippen LogP contribution in [0.25, 0.3) is 0 Å². The number of fused-ring (bicyclic) bond motifs is 1. The number of aldehydes is 1. The van der Waals surface area contributed by atoms with Crippen LogP contribution in [0.2, 0.25) is 0 Å². The van der Waals surface area contributed by atoms with Gasteiger partial charge in [0.25, 0.3) is 5.69 Å². The minimum absolute atomic E-state index is 0.0642. The first-order chi connectivity index (χ1) is 8.17. The first-order valence-electron chi connectivity index (χ1n) is 5.23.